The van der Waals surface area contributed by atoms with Crippen LogP contribution in [0, 0.1) is 0 Å². The molecule has 3 rings (SSSR count). The van der Waals surface area contributed by atoms with Crippen LogP contribution in [0.15, 0.2) is 40.5 Å². The van der Waals surface area contributed by atoms with Gasteiger partial charge in [0, 0.05) is 32.6 Å². The van der Waals surface area contributed by atoms with E-state index in [0.717, 1.165) is 55.2 Å². The summed E-state index contributed by atoms with van der Waals surface area (Å²) in [7, 11) is 2.05. The number of thioether (sulfide) groups is 1. The molecule has 1 fully saturated rings. The number of aliphatic imine (C=N–C) groups is 1. The molecule has 2 aromatic rings. The number of benzene rings is 1. The molecule has 1 aromatic carbocycles. The van der Waals surface area contributed by atoms with Gasteiger partial charge in [0.2, 0.25) is 0 Å². The highest BCUT2D eigenvalue weighted by Gasteiger charge is 2.23. The van der Waals surface area contributed by atoms with Crippen molar-refractivity contribution in [2.45, 2.75) is 56.6 Å². The number of hydrogen-bond donors (Lipinski definition) is 1. The molecule has 1 aromatic heterocycles. The highest BCUT2D eigenvalue weighted by atomic mass is 127. The minimum Gasteiger partial charge on any atom is -0.492 e. The first-order valence-corrected chi connectivity index (χ1v) is 12.6. The second-order valence-corrected chi connectivity index (χ2v) is 8.61. The van der Waals surface area contributed by atoms with E-state index in [1.54, 1.807) is 11.8 Å². The predicted octanol–water partition coefficient (Wildman–Crippen LogP) is 4.64. The first-order valence-electron chi connectivity index (χ1n) is 11.4. The Morgan fingerprint density at radius 1 is 1.25 bits per heavy atom. The van der Waals surface area contributed by atoms with Crippen molar-refractivity contribution in [1.82, 2.24) is 25.0 Å². The Labute approximate surface area is 213 Å². The summed E-state index contributed by atoms with van der Waals surface area (Å²) in [6.45, 7) is 5.09. The van der Waals surface area contributed by atoms with Crippen molar-refractivity contribution in [2.24, 2.45) is 4.99 Å². The Morgan fingerprint density at radius 3 is 2.69 bits per heavy atom. The van der Waals surface area contributed by atoms with Gasteiger partial charge in [0.05, 0.1) is 6.54 Å². The van der Waals surface area contributed by atoms with Crippen molar-refractivity contribution in [3.63, 3.8) is 0 Å². The molecule has 0 amide bonds. The molecule has 7 nitrogen and oxygen atoms in total. The van der Waals surface area contributed by atoms with Crippen LogP contribution in [0.2, 0.25) is 0 Å². The number of rotatable bonds is 11. The number of halogens is 1. The van der Waals surface area contributed by atoms with E-state index in [1.807, 2.05) is 30.3 Å². The Balaban J connectivity index is 0.00000363. The summed E-state index contributed by atoms with van der Waals surface area (Å²) >= 11 is 1.70. The van der Waals surface area contributed by atoms with Gasteiger partial charge in [-0.15, -0.1) is 34.2 Å². The Kier molecular flexibility index (Phi) is 12.2. The van der Waals surface area contributed by atoms with Crippen LogP contribution in [-0.4, -0.2) is 65.2 Å². The van der Waals surface area contributed by atoms with Crippen LogP contribution in [0.5, 0.6) is 5.75 Å². The molecule has 32 heavy (non-hydrogen) atoms. The fourth-order valence-corrected chi connectivity index (χ4v) is 4.53. The summed E-state index contributed by atoms with van der Waals surface area (Å²) in [5.74, 6) is 2.93. The summed E-state index contributed by atoms with van der Waals surface area (Å²) in [4.78, 5) is 6.95. The van der Waals surface area contributed by atoms with E-state index < -0.39 is 0 Å². The van der Waals surface area contributed by atoms with E-state index in [9.17, 15) is 0 Å². The van der Waals surface area contributed by atoms with Gasteiger partial charge in [-0.25, -0.2) is 0 Å². The number of nitrogens with zero attached hydrogens (tertiary/aromatic N) is 5. The van der Waals surface area contributed by atoms with E-state index in [4.69, 9.17) is 9.73 Å². The Bertz CT molecular complexity index is 810. The average Bonchev–Trinajstić information content (AvgIpc) is 3.46. The van der Waals surface area contributed by atoms with Crippen LogP contribution in [0.3, 0.4) is 0 Å². The Morgan fingerprint density at radius 2 is 2.00 bits per heavy atom. The minimum absolute atomic E-state index is 0. The molecule has 0 bridgehead atoms. The van der Waals surface area contributed by atoms with Gasteiger partial charge in [-0.3, -0.25) is 4.99 Å². The van der Waals surface area contributed by atoms with E-state index in [2.05, 4.69) is 45.2 Å². The smallest absolute Gasteiger partial charge is 0.193 e. The molecule has 9 heteroatoms. The first-order chi connectivity index (χ1) is 15.2. The molecular formula is C23H37IN6OS. The lowest BCUT2D eigenvalue weighted by Crippen LogP contribution is -2.41. The number of aromatic nitrogens is 3. The maximum absolute atomic E-state index is 5.82. The standard InChI is InChI=1S/C23H36N6OS.HI/c1-4-24-22(28(2)17-18-30-20-13-6-5-7-14-20)25-16-10-15-21-26-27-23(31-3)29(21)19-11-8-9-12-19;/h5-7,13-14,19H,4,8-12,15-18H2,1-3H3,(H,24,25);1H. The molecule has 1 heterocycles. The average molecular weight is 573 g/mol. The van der Waals surface area contributed by atoms with E-state index in [1.165, 1.54) is 25.7 Å². The Hall–Kier alpha value is -1.49. The van der Waals surface area contributed by atoms with Gasteiger partial charge in [-0.2, -0.15) is 0 Å². The summed E-state index contributed by atoms with van der Waals surface area (Å²) in [6, 6.07) is 10.5. The van der Waals surface area contributed by atoms with Crippen molar-refractivity contribution in [3.05, 3.63) is 36.2 Å². The highest BCUT2D eigenvalue weighted by Crippen LogP contribution is 2.33. The summed E-state index contributed by atoms with van der Waals surface area (Å²) in [5.41, 5.74) is 0. The van der Waals surface area contributed by atoms with Crippen molar-refractivity contribution in [1.29, 1.82) is 0 Å². The van der Waals surface area contributed by atoms with Crippen molar-refractivity contribution in [3.8, 4) is 5.75 Å². The lowest BCUT2D eigenvalue weighted by atomic mass is 10.2. The number of hydrogen-bond acceptors (Lipinski definition) is 5. The largest absolute Gasteiger partial charge is 0.492 e. The summed E-state index contributed by atoms with van der Waals surface area (Å²) in [6.07, 6.45) is 9.08. The SMILES string of the molecule is CCNC(=NCCCc1nnc(SC)n1C1CCCC1)N(C)CCOc1ccccc1.I. The molecule has 178 valence electrons. The molecule has 0 saturated heterocycles. The fraction of sp³-hybridized carbons (Fsp3) is 0.609. The number of para-hydroxylation sites is 1. The fourth-order valence-electron chi connectivity index (χ4n) is 3.96. The summed E-state index contributed by atoms with van der Waals surface area (Å²) < 4.78 is 8.21. The molecule has 1 N–H and O–H groups in total. The number of ether oxygens (including phenoxy) is 1. The number of guanidine groups is 1. The van der Waals surface area contributed by atoms with E-state index in [0.29, 0.717) is 12.6 Å². The molecule has 0 unspecified atom stereocenters. The topological polar surface area (TPSA) is 67.6 Å². The molecule has 0 spiro atoms. The molecule has 1 aliphatic rings. The van der Waals surface area contributed by atoms with Crippen molar-refractivity contribution in [2.75, 3.05) is 39.5 Å². The first kappa shape index (κ1) is 26.8. The number of nitrogens with one attached hydrogen (secondary N) is 1. The zero-order chi connectivity index (χ0) is 21.9. The molecule has 0 aliphatic heterocycles. The van der Waals surface area contributed by atoms with Gasteiger partial charge < -0.3 is 19.5 Å². The molecule has 0 radical (unpaired) electrons. The van der Waals surface area contributed by atoms with Crippen LogP contribution >= 0.6 is 35.7 Å². The predicted molar refractivity (Wildman–Crippen MR) is 144 cm³/mol. The third-order valence-corrected chi connectivity index (χ3v) is 6.21. The maximum Gasteiger partial charge on any atom is 0.193 e. The maximum atomic E-state index is 5.82. The third-order valence-electron chi connectivity index (χ3n) is 5.56. The van der Waals surface area contributed by atoms with Crippen LogP contribution in [0.25, 0.3) is 0 Å². The van der Waals surface area contributed by atoms with E-state index in [-0.39, 0.29) is 24.0 Å². The van der Waals surface area contributed by atoms with Crippen molar-refractivity contribution >= 4 is 41.7 Å². The van der Waals surface area contributed by atoms with Crippen LogP contribution in [-0.2, 0) is 6.42 Å². The van der Waals surface area contributed by atoms with Gasteiger partial charge in [0.15, 0.2) is 11.1 Å². The zero-order valence-electron chi connectivity index (χ0n) is 19.5. The van der Waals surface area contributed by atoms with Gasteiger partial charge >= 0.3 is 0 Å². The number of likely N-dealkylation sites (N-methyl/N-ethyl adjacent to an activating group) is 1. The quantitative estimate of drug-likeness (QED) is 0.139. The molecular weight excluding hydrogens is 535 g/mol. The van der Waals surface area contributed by atoms with Crippen LogP contribution in [0.4, 0.5) is 0 Å². The van der Waals surface area contributed by atoms with Gasteiger partial charge in [0.25, 0.3) is 0 Å². The minimum atomic E-state index is 0. The monoisotopic (exact) mass is 572 g/mol. The van der Waals surface area contributed by atoms with Gasteiger partial charge in [0.1, 0.15) is 18.2 Å². The van der Waals surface area contributed by atoms with Crippen LogP contribution < -0.4 is 10.1 Å². The molecule has 1 saturated carbocycles. The second kappa shape index (κ2) is 14.6. The number of aryl methyl sites for hydroxylation is 1. The highest BCUT2D eigenvalue weighted by molar-refractivity contribution is 14.0. The third kappa shape index (κ3) is 7.83. The summed E-state index contributed by atoms with van der Waals surface area (Å²) in [5, 5.41) is 13.3. The molecule has 0 atom stereocenters. The molecule has 1 aliphatic carbocycles. The van der Waals surface area contributed by atoms with Crippen molar-refractivity contribution < 1.29 is 4.74 Å². The second-order valence-electron chi connectivity index (χ2n) is 7.83. The van der Waals surface area contributed by atoms with Gasteiger partial charge in [-0.05, 0) is 44.6 Å². The zero-order valence-corrected chi connectivity index (χ0v) is 22.6. The van der Waals surface area contributed by atoms with Gasteiger partial charge in [-0.1, -0.05) is 42.8 Å². The normalized spacial score (nSPS) is 14.3. The lowest BCUT2D eigenvalue weighted by molar-refractivity contribution is 0.281. The van der Waals surface area contributed by atoms with E-state index >= 15 is 0 Å². The lowest BCUT2D eigenvalue weighted by Gasteiger charge is -2.22. The van der Waals surface area contributed by atoms with Crippen LogP contribution in [0.1, 0.15) is 50.9 Å².